The molecule has 0 aliphatic carbocycles. The highest BCUT2D eigenvalue weighted by Gasteiger charge is 2.14. The number of rotatable bonds is 3. The molecule has 8 nitrogen and oxygen atoms in total. The van der Waals surface area contributed by atoms with Crippen LogP contribution >= 0.6 is 11.6 Å². The molecule has 0 atom stereocenters. The standard InChI is InChI=1S/C21H13ClN6O2/c22-18-19-25-16(11-28(19)10-9-23-18)21(30)24-13-7-5-12(6-8-13)17-14-3-1-2-4-15(14)20(29)27-26-17/h1-11H,(H,24,30)(H,27,29). The number of carbonyl (C=O) groups excluding carboxylic acids is 1. The topological polar surface area (TPSA) is 105 Å². The van der Waals surface area contributed by atoms with Crippen molar-refractivity contribution >= 4 is 39.6 Å². The fourth-order valence-corrected chi connectivity index (χ4v) is 3.44. The number of aromatic nitrogens is 5. The SMILES string of the molecule is O=C(Nc1ccc(-c2n[nH]c(=O)c3ccccc23)cc1)c1cn2ccnc(Cl)c2n1. The van der Waals surface area contributed by atoms with E-state index in [0.717, 1.165) is 10.9 Å². The van der Waals surface area contributed by atoms with Crippen molar-refractivity contribution in [3.8, 4) is 11.3 Å². The van der Waals surface area contributed by atoms with Gasteiger partial charge < -0.3 is 9.72 Å². The second kappa shape index (κ2) is 7.09. The van der Waals surface area contributed by atoms with Gasteiger partial charge >= 0.3 is 0 Å². The number of nitrogens with one attached hydrogen (secondary N) is 2. The van der Waals surface area contributed by atoms with Crippen LogP contribution in [0, 0.1) is 0 Å². The molecule has 30 heavy (non-hydrogen) atoms. The zero-order valence-corrected chi connectivity index (χ0v) is 16.1. The van der Waals surface area contributed by atoms with Crippen molar-refractivity contribution in [2.24, 2.45) is 0 Å². The molecule has 3 aromatic heterocycles. The van der Waals surface area contributed by atoms with Gasteiger partial charge in [-0.25, -0.2) is 15.1 Å². The summed E-state index contributed by atoms with van der Waals surface area (Å²) in [4.78, 5) is 32.7. The molecule has 5 aromatic rings. The van der Waals surface area contributed by atoms with Gasteiger partial charge in [0, 0.05) is 35.2 Å². The Hall–Kier alpha value is -4.04. The zero-order valence-electron chi connectivity index (χ0n) is 15.3. The second-order valence-corrected chi connectivity index (χ2v) is 6.91. The summed E-state index contributed by atoms with van der Waals surface area (Å²) < 4.78 is 1.64. The highest BCUT2D eigenvalue weighted by Crippen LogP contribution is 2.25. The van der Waals surface area contributed by atoms with Crippen molar-refractivity contribution in [2.75, 3.05) is 5.32 Å². The molecule has 2 N–H and O–H groups in total. The zero-order chi connectivity index (χ0) is 20.7. The summed E-state index contributed by atoms with van der Waals surface area (Å²) in [5.41, 5.74) is 2.47. The molecule has 2 aromatic carbocycles. The van der Waals surface area contributed by atoms with Crippen LogP contribution in [-0.2, 0) is 0 Å². The number of imidazole rings is 1. The summed E-state index contributed by atoms with van der Waals surface area (Å²) in [5, 5.41) is 11.1. The Morgan fingerprint density at radius 2 is 1.83 bits per heavy atom. The summed E-state index contributed by atoms with van der Waals surface area (Å²) in [6.07, 6.45) is 4.79. The number of benzene rings is 2. The van der Waals surface area contributed by atoms with Crippen molar-refractivity contribution < 1.29 is 4.79 Å². The van der Waals surface area contributed by atoms with Crippen LogP contribution in [0.3, 0.4) is 0 Å². The minimum atomic E-state index is -0.366. The maximum atomic E-state index is 12.6. The molecule has 0 bridgehead atoms. The Kier molecular flexibility index (Phi) is 4.26. The summed E-state index contributed by atoms with van der Waals surface area (Å²) in [6.45, 7) is 0. The van der Waals surface area contributed by atoms with E-state index in [0.29, 0.717) is 22.4 Å². The van der Waals surface area contributed by atoms with Gasteiger partial charge in [-0.1, -0.05) is 41.9 Å². The lowest BCUT2D eigenvalue weighted by atomic mass is 10.0. The van der Waals surface area contributed by atoms with Crippen LogP contribution in [0.1, 0.15) is 10.5 Å². The van der Waals surface area contributed by atoms with Gasteiger partial charge in [-0.05, 0) is 18.2 Å². The first-order valence-electron chi connectivity index (χ1n) is 8.98. The minimum absolute atomic E-state index is 0.224. The van der Waals surface area contributed by atoms with Crippen molar-refractivity contribution in [3.63, 3.8) is 0 Å². The largest absolute Gasteiger partial charge is 0.321 e. The molecule has 146 valence electrons. The summed E-state index contributed by atoms with van der Waals surface area (Å²) in [5.74, 6) is -0.366. The number of carbonyl (C=O) groups is 1. The van der Waals surface area contributed by atoms with E-state index >= 15 is 0 Å². The first-order valence-corrected chi connectivity index (χ1v) is 9.36. The van der Waals surface area contributed by atoms with Crippen LogP contribution < -0.4 is 10.9 Å². The Bertz CT molecular complexity index is 1470. The summed E-state index contributed by atoms with van der Waals surface area (Å²) in [7, 11) is 0. The first kappa shape index (κ1) is 18.0. The van der Waals surface area contributed by atoms with Crippen molar-refractivity contribution in [3.05, 3.63) is 88.3 Å². The van der Waals surface area contributed by atoms with Gasteiger partial charge in [0.15, 0.2) is 10.8 Å². The number of halogens is 1. The number of fused-ring (bicyclic) bond motifs is 2. The van der Waals surface area contributed by atoms with Gasteiger partial charge in [0.2, 0.25) is 0 Å². The average Bonchev–Trinajstić information content (AvgIpc) is 3.21. The van der Waals surface area contributed by atoms with E-state index in [-0.39, 0.29) is 22.3 Å². The van der Waals surface area contributed by atoms with Crippen LogP contribution in [0.2, 0.25) is 5.15 Å². The quantitative estimate of drug-likeness (QED) is 0.468. The lowest BCUT2D eigenvalue weighted by Gasteiger charge is -2.07. The number of aromatic amines is 1. The molecule has 0 aliphatic heterocycles. The van der Waals surface area contributed by atoms with E-state index in [4.69, 9.17) is 11.6 Å². The molecule has 0 fully saturated rings. The Labute approximate surface area is 174 Å². The number of hydrogen-bond acceptors (Lipinski definition) is 5. The molecule has 0 radical (unpaired) electrons. The smallest absolute Gasteiger partial charge is 0.275 e. The predicted molar refractivity (Wildman–Crippen MR) is 114 cm³/mol. The molecular weight excluding hydrogens is 404 g/mol. The molecule has 1 amide bonds. The Morgan fingerprint density at radius 1 is 1.07 bits per heavy atom. The third-order valence-electron chi connectivity index (χ3n) is 4.68. The fraction of sp³-hybridized carbons (Fsp3) is 0. The molecule has 0 saturated carbocycles. The van der Waals surface area contributed by atoms with Gasteiger partial charge in [0.25, 0.3) is 11.5 Å². The van der Waals surface area contributed by atoms with Crippen molar-refractivity contribution in [1.82, 2.24) is 24.6 Å². The van der Waals surface area contributed by atoms with E-state index in [1.165, 1.54) is 6.20 Å². The monoisotopic (exact) mass is 416 g/mol. The molecule has 5 rings (SSSR count). The summed E-state index contributed by atoms with van der Waals surface area (Å²) in [6, 6.07) is 14.5. The fourth-order valence-electron chi connectivity index (χ4n) is 3.24. The molecule has 9 heteroatoms. The Balaban J connectivity index is 1.43. The third kappa shape index (κ3) is 3.09. The van der Waals surface area contributed by atoms with E-state index in [2.05, 4.69) is 25.5 Å². The van der Waals surface area contributed by atoms with Crippen LogP contribution in [0.5, 0.6) is 0 Å². The van der Waals surface area contributed by atoms with E-state index in [1.54, 1.807) is 35.0 Å². The highest BCUT2D eigenvalue weighted by molar-refractivity contribution is 6.32. The minimum Gasteiger partial charge on any atom is -0.321 e. The molecule has 3 heterocycles. The number of hydrogen-bond donors (Lipinski definition) is 2. The maximum Gasteiger partial charge on any atom is 0.275 e. The van der Waals surface area contributed by atoms with Gasteiger partial charge in [-0.3, -0.25) is 9.59 Å². The van der Waals surface area contributed by atoms with Crippen molar-refractivity contribution in [1.29, 1.82) is 0 Å². The first-order chi connectivity index (χ1) is 14.6. The normalized spacial score (nSPS) is 11.1. The highest BCUT2D eigenvalue weighted by atomic mass is 35.5. The molecule has 0 saturated heterocycles. The second-order valence-electron chi connectivity index (χ2n) is 6.55. The predicted octanol–water partition coefficient (Wildman–Crippen LogP) is 3.54. The number of amides is 1. The molecule has 0 aliphatic rings. The van der Waals surface area contributed by atoms with Gasteiger partial charge in [0.05, 0.1) is 11.1 Å². The van der Waals surface area contributed by atoms with Crippen LogP contribution in [0.4, 0.5) is 5.69 Å². The molecular formula is C21H13ClN6O2. The van der Waals surface area contributed by atoms with Crippen LogP contribution in [0.15, 0.2) is 71.9 Å². The van der Waals surface area contributed by atoms with E-state index in [1.807, 2.05) is 30.3 Å². The molecule has 0 unspecified atom stereocenters. The number of nitrogens with zero attached hydrogens (tertiary/aromatic N) is 4. The molecule has 0 spiro atoms. The number of anilines is 1. The lowest BCUT2D eigenvalue weighted by molar-refractivity contribution is 0.102. The van der Waals surface area contributed by atoms with Crippen LogP contribution in [0.25, 0.3) is 27.7 Å². The number of H-pyrrole nitrogens is 1. The van der Waals surface area contributed by atoms with Gasteiger partial charge in [0.1, 0.15) is 5.69 Å². The summed E-state index contributed by atoms with van der Waals surface area (Å²) >= 11 is 6.01. The van der Waals surface area contributed by atoms with Gasteiger partial charge in [-0.15, -0.1) is 0 Å². The van der Waals surface area contributed by atoms with E-state index < -0.39 is 0 Å². The van der Waals surface area contributed by atoms with Gasteiger partial charge in [-0.2, -0.15) is 5.10 Å². The lowest BCUT2D eigenvalue weighted by Crippen LogP contribution is -2.12. The van der Waals surface area contributed by atoms with Crippen LogP contribution in [-0.4, -0.2) is 30.5 Å². The van der Waals surface area contributed by atoms with E-state index in [9.17, 15) is 9.59 Å². The maximum absolute atomic E-state index is 12.6. The van der Waals surface area contributed by atoms with Crippen molar-refractivity contribution in [2.45, 2.75) is 0 Å². The average molecular weight is 417 g/mol. The Morgan fingerprint density at radius 3 is 2.60 bits per heavy atom. The third-order valence-corrected chi connectivity index (χ3v) is 4.94.